The summed E-state index contributed by atoms with van der Waals surface area (Å²) in [5.41, 5.74) is 0.165. The van der Waals surface area contributed by atoms with Crippen molar-refractivity contribution in [3.8, 4) is 0 Å². The topological polar surface area (TPSA) is 20.3 Å². The first-order chi connectivity index (χ1) is 9.80. The minimum atomic E-state index is -4.41. The van der Waals surface area contributed by atoms with E-state index in [9.17, 15) is 18.0 Å². The number of alkyl halides is 3. The Morgan fingerprint density at radius 3 is 2.24 bits per heavy atom. The van der Waals surface area contributed by atoms with Crippen LogP contribution in [0.25, 0.3) is 0 Å². The van der Waals surface area contributed by atoms with E-state index in [2.05, 4.69) is 0 Å². The molecule has 2 aromatic carbocycles. The van der Waals surface area contributed by atoms with Crippen molar-refractivity contribution in [2.24, 2.45) is 0 Å². The van der Waals surface area contributed by atoms with Crippen molar-refractivity contribution in [1.82, 2.24) is 0 Å². The Morgan fingerprint density at radius 2 is 1.71 bits per heavy atom. The third-order valence-electron chi connectivity index (χ3n) is 2.97. The van der Waals surface area contributed by atoms with Gasteiger partial charge in [0.2, 0.25) is 0 Å². The van der Waals surface area contributed by atoms with E-state index < -0.39 is 11.7 Å². The first-order valence-corrected chi connectivity index (χ1v) is 7.08. The molecule has 0 aliphatic heterocycles. The van der Waals surface area contributed by atoms with Crippen LogP contribution in [-0.4, -0.2) is 13.0 Å². The summed E-state index contributed by atoms with van der Waals surface area (Å²) in [5.74, 6) is -0.354. The van der Waals surface area contributed by atoms with Crippen LogP contribution in [0.4, 0.5) is 18.9 Å². The zero-order chi connectivity index (χ0) is 15.6. The highest BCUT2D eigenvalue weighted by atomic mass is 127. The zero-order valence-electron chi connectivity index (χ0n) is 11.0. The lowest BCUT2D eigenvalue weighted by Gasteiger charge is -2.18. The molecule has 6 heteroatoms. The van der Waals surface area contributed by atoms with Gasteiger partial charge in [0.05, 0.1) is 5.56 Å². The highest BCUT2D eigenvalue weighted by Crippen LogP contribution is 2.33. The van der Waals surface area contributed by atoms with E-state index in [4.69, 9.17) is 0 Å². The maximum atomic E-state index is 12.7. The fraction of sp³-hybridized carbons (Fsp3) is 0.133. The number of rotatable bonds is 2. The molecule has 2 aromatic rings. The normalized spacial score (nSPS) is 11.3. The molecule has 0 bridgehead atoms. The van der Waals surface area contributed by atoms with Crippen LogP contribution in [0.2, 0.25) is 0 Å². The number of carbonyl (C=O) groups excluding carboxylic acids is 1. The van der Waals surface area contributed by atoms with Gasteiger partial charge >= 0.3 is 6.18 Å². The van der Waals surface area contributed by atoms with Gasteiger partial charge in [-0.1, -0.05) is 18.2 Å². The summed E-state index contributed by atoms with van der Waals surface area (Å²) >= 11 is 1.59. The number of hydrogen-bond acceptors (Lipinski definition) is 1. The van der Waals surface area contributed by atoms with Crippen LogP contribution >= 0.6 is 22.6 Å². The van der Waals surface area contributed by atoms with Gasteiger partial charge in [-0.2, -0.15) is 13.2 Å². The molecule has 0 N–H and O–H groups in total. The summed E-state index contributed by atoms with van der Waals surface area (Å²) in [6.07, 6.45) is -4.41. The Hall–Kier alpha value is -1.57. The van der Waals surface area contributed by atoms with Gasteiger partial charge in [0.25, 0.3) is 5.91 Å². The van der Waals surface area contributed by atoms with Gasteiger partial charge < -0.3 is 4.90 Å². The number of benzene rings is 2. The van der Waals surface area contributed by atoms with E-state index >= 15 is 0 Å². The maximum absolute atomic E-state index is 12.7. The van der Waals surface area contributed by atoms with Crippen molar-refractivity contribution < 1.29 is 18.0 Å². The standard InChI is InChI=1S/C15H11F3INO/c1-20(11-5-3-2-4-6-11)14(21)10-7-8-12(13(19)9-10)15(16,17)18/h2-9H,1H3. The SMILES string of the molecule is CN(C(=O)c1ccc(C(F)(F)F)c(I)c1)c1ccccc1. The summed E-state index contributed by atoms with van der Waals surface area (Å²) in [5, 5.41) is 0. The van der Waals surface area contributed by atoms with E-state index in [1.165, 1.54) is 17.0 Å². The molecule has 2 nitrogen and oxygen atoms in total. The molecular weight excluding hydrogens is 394 g/mol. The highest BCUT2D eigenvalue weighted by molar-refractivity contribution is 14.1. The molecule has 0 fully saturated rings. The van der Waals surface area contributed by atoms with E-state index in [0.717, 1.165) is 6.07 Å². The van der Waals surface area contributed by atoms with Crippen LogP contribution in [-0.2, 0) is 6.18 Å². The van der Waals surface area contributed by atoms with Gasteiger partial charge in [-0.15, -0.1) is 0 Å². The number of para-hydroxylation sites is 1. The van der Waals surface area contributed by atoms with Crippen molar-refractivity contribution in [3.63, 3.8) is 0 Å². The quantitative estimate of drug-likeness (QED) is 0.670. The molecule has 110 valence electrons. The number of halogens is 4. The van der Waals surface area contributed by atoms with Crippen LogP contribution in [0.3, 0.4) is 0 Å². The second-order valence-electron chi connectivity index (χ2n) is 4.39. The smallest absolute Gasteiger partial charge is 0.311 e. The Kier molecular flexibility index (Phi) is 4.55. The molecular formula is C15H11F3INO. The number of nitrogens with zero attached hydrogens (tertiary/aromatic N) is 1. The predicted molar refractivity (Wildman–Crippen MR) is 83.3 cm³/mol. The van der Waals surface area contributed by atoms with Crippen LogP contribution in [0.15, 0.2) is 48.5 Å². The van der Waals surface area contributed by atoms with E-state index in [1.807, 2.05) is 6.07 Å². The van der Waals surface area contributed by atoms with Gasteiger partial charge in [0.1, 0.15) is 0 Å². The summed E-state index contributed by atoms with van der Waals surface area (Å²) in [6, 6.07) is 12.3. The molecule has 0 aromatic heterocycles. The fourth-order valence-corrected chi connectivity index (χ4v) is 2.66. The molecule has 0 atom stereocenters. The number of amides is 1. The maximum Gasteiger partial charge on any atom is 0.417 e. The van der Waals surface area contributed by atoms with Crippen molar-refractivity contribution >= 4 is 34.2 Å². The van der Waals surface area contributed by atoms with Crippen molar-refractivity contribution in [2.75, 3.05) is 11.9 Å². The number of hydrogen-bond donors (Lipinski definition) is 0. The van der Waals surface area contributed by atoms with Crippen molar-refractivity contribution in [3.05, 3.63) is 63.2 Å². The van der Waals surface area contributed by atoms with Crippen LogP contribution < -0.4 is 4.90 Å². The largest absolute Gasteiger partial charge is 0.417 e. The summed E-state index contributed by atoms with van der Waals surface area (Å²) in [6.45, 7) is 0. The van der Waals surface area contributed by atoms with E-state index in [0.29, 0.717) is 5.69 Å². The molecule has 0 aliphatic rings. The molecule has 0 spiro atoms. The average molecular weight is 405 g/mol. The molecule has 0 heterocycles. The first-order valence-electron chi connectivity index (χ1n) is 6.00. The molecule has 0 unspecified atom stereocenters. The number of anilines is 1. The molecule has 0 saturated carbocycles. The average Bonchev–Trinajstić information content (AvgIpc) is 2.45. The lowest BCUT2D eigenvalue weighted by Crippen LogP contribution is -2.26. The Labute approximate surface area is 133 Å². The van der Waals surface area contributed by atoms with Gasteiger partial charge in [0.15, 0.2) is 0 Å². The third-order valence-corrected chi connectivity index (χ3v) is 3.86. The lowest BCUT2D eigenvalue weighted by molar-refractivity contribution is -0.138. The van der Waals surface area contributed by atoms with E-state index in [1.54, 1.807) is 53.9 Å². The molecule has 21 heavy (non-hydrogen) atoms. The van der Waals surface area contributed by atoms with Crippen molar-refractivity contribution in [2.45, 2.75) is 6.18 Å². The molecule has 0 aliphatic carbocycles. The van der Waals surface area contributed by atoms with Gasteiger partial charge in [0, 0.05) is 21.9 Å². The fourth-order valence-electron chi connectivity index (χ4n) is 1.84. The summed E-state index contributed by atoms with van der Waals surface area (Å²) in [4.78, 5) is 13.7. The lowest BCUT2D eigenvalue weighted by atomic mass is 10.1. The molecule has 2 rings (SSSR count). The Bertz CT molecular complexity index is 656. The van der Waals surface area contributed by atoms with Crippen LogP contribution in [0.1, 0.15) is 15.9 Å². The van der Waals surface area contributed by atoms with Gasteiger partial charge in [-0.05, 0) is 52.9 Å². The van der Waals surface area contributed by atoms with Crippen LogP contribution in [0, 0.1) is 3.57 Å². The summed E-state index contributed by atoms with van der Waals surface area (Å²) < 4.78 is 38.1. The number of carbonyl (C=O) groups is 1. The third kappa shape index (κ3) is 3.55. The predicted octanol–water partition coefficient (Wildman–Crippen LogP) is 4.59. The minimum Gasteiger partial charge on any atom is -0.311 e. The van der Waals surface area contributed by atoms with Crippen LogP contribution in [0.5, 0.6) is 0 Å². The molecule has 0 radical (unpaired) electrons. The zero-order valence-corrected chi connectivity index (χ0v) is 13.1. The van der Waals surface area contributed by atoms with E-state index in [-0.39, 0.29) is 15.0 Å². The monoisotopic (exact) mass is 405 g/mol. The Morgan fingerprint density at radius 1 is 1.10 bits per heavy atom. The van der Waals surface area contributed by atoms with Gasteiger partial charge in [-0.3, -0.25) is 4.79 Å². The van der Waals surface area contributed by atoms with Crippen molar-refractivity contribution in [1.29, 1.82) is 0 Å². The second-order valence-corrected chi connectivity index (χ2v) is 5.55. The second kappa shape index (κ2) is 6.05. The molecule has 1 amide bonds. The molecule has 0 saturated heterocycles. The Balaban J connectivity index is 2.31. The summed E-state index contributed by atoms with van der Waals surface area (Å²) in [7, 11) is 1.59. The highest BCUT2D eigenvalue weighted by Gasteiger charge is 2.33. The van der Waals surface area contributed by atoms with Gasteiger partial charge in [-0.25, -0.2) is 0 Å². The minimum absolute atomic E-state index is 0.00686. The first kappa shape index (κ1) is 15.8.